The molecule has 1 fully saturated rings. The Bertz CT molecular complexity index is 939. The molecule has 0 bridgehead atoms. The van der Waals surface area contributed by atoms with Crippen LogP contribution in [-0.2, 0) is 16.6 Å². The number of H-pyrrole nitrogens is 1. The zero-order valence-corrected chi connectivity index (χ0v) is 14.7. The van der Waals surface area contributed by atoms with E-state index in [0.29, 0.717) is 19.6 Å². The third-order valence-electron chi connectivity index (χ3n) is 4.17. The van der Waals surface area contributed by atoms with E-state index in [2.05, 4.69) is 9.71 Å². The summed E-state index contributed by atoms with van der Waals surface area (Å²) < 4.78 is 28.8. The van der Waals surface area contributed by atoms with Crippen LogP contribution >= 0.6 is 0 Å². The fraction of sp³-hybridized carbons (Fsp3) is 0.375. The Morgan fingerprint density at radius 1 is 1.28 bits per heavy atom. The van der Waals surface area contributed by atoms with E-state index < -0.39 is 10.0 Å². The zero-order chi connectivity index (χ0) is 18.0. The molecule has 1 aliphatic heterocycles. The summed E-state index contributed by atoms with van der Waals surface area (Å²) in [6, 6.07) is 4.05. The van der Waals surface area contributed by atoms with Gasteiger partial charge in [-0.25, -0.2) is 8.42 Å². The maximum absolute atomic E-state index is 12.5. The van der Waals surface area contributed by atoms with Gasteiger partial charge in [-0.2, -0.15) is 0 Å². The van der Waals surface area contributed by atoms with Gasteiger partial charge in [0.1, 0.15) is 10.6 Å². The Balaban J connectivity index is 1.81. The number of aryl methyl sites for hydroxylation is 1. The summed E-state index contributed by atoms with van der Waals surface area (Å²) in [7, 11) is -3.85. The second kappa shape index (κ2) is 6.75. The van der Waals surface area contributed by atoms with Crippen molar-refractivity contribution in [2.24, 2.45) is 0 Å². The topological polar surface area (TPSA) is 104 Å². The molecule has 0 aliphatic carbocycles. The zero-order valence-electron chi connectivity index (χ0n) is 13.9. The SMILES string of the molecule is CCn1cc(NS(=O)(=O)c2c[nH]c(C(=O)N3CCCC3)c2)ccc1=O. The van der Waals surface area contributed by atoms with Crippen LogP contribution in [0.15, 0.2) is 40.3 Å². The van der Waals surface area contributed by atoms with Gasteiger partial charge in [0.25, 0.3) is 21.5 Å². The lowest BCUT2D eigenvalue weighted by molar-refractivity contribution is 0.0787. The van der Waals surface area contributed by atoms with Crippen LogP contribution in [0, 0.1) is 0 Å². The molecule has 134 valence electrons. The van der Waals surface area contributed by atoms with E-state index in [1.54, 1.807) is 11.8 Å². The lowest BCUT2D eigenvalue weighted by Gasteiger charge is -2.13. The summed E-state index contributed by atoms with van der Waals surface area (Å²) in [5.41, 5.74) is 0.335. The van der Waals surface area contributed by atoms with Gasteiger partial charge in [0, 0.05) is 38.1 Å². The number of sulfonamides is 1. The van der Waals surface area contributed by atoms with Crippen LogP contribution in [0.2, 0.25) is 0 Å². The van der Waals surface area contributed by atoms with Gasteiger partial charge >= 0.3 is 0 Å². The first kappa shape index (κ1) is 17.3. The van der Waals surface area contributed by atoms with Gasteiger partial charge in [-0.3, -0.25) is 14.3 Å². The van der Waals surface area contributed by atoms with Crippen molar-refractivity contribution in [2.75, 3.05) is 17.8 Å². The average Bonchev–Trinajstić information content (AvgIpc) is 3.27. The predicted octanol–water partition coefficient (Wildman–Crippen LogP) is 1.23. The standard InChI is InChI=1S/C16H20N4O4S/c1-2-19-11-12(5-6-15(19)21)18-25(23,24)13-9-14(17-10-13)16(22)20-7-3-4-8-20/h5-6,9-11,17-18H,2-4,7-8H2,1H3. The van der Waals surface area contributed by atoms with Gasteiger partial charge in [0.05, 0.1) is 5.69 Å². The minimum absolute atomic E-state index is 0.0238. The highest BCUT2D eigenvalue weighted by Crippen LogP contribution is 2.18. The molecule has 0 aromatic carbocycles. The number of carbonyl (C=O) groups excluding carboxylic acids is 1. The molecular formula is C16H20N4O4S. The van der Waals surface area contributed by atoms with Crippen molar-refractivity contribution < 1.29 is 13.2 Å². The molecule has 3 heterocycles. The number of hydrogen-bond donors (Lipinski definition) is 2. The van der Waals surface area contributed by atoms with Crippen molar-refractivity contribution in [3.63, 3.8) is 0 Å². The van der Waals surface area contributed by atoms with E-state index in [1.165, 1.54) is 35.2 Å². The van der Waals surface area contributed by atoms with E-state index >= 15 is 0 Å². The van der Waals surface area contributed by atoms with Crippen LogP contribution in [0.25, 0.3) is 0 Å². The number of rotatable bonds is 5. The first-order chi connectivity index (χ1) is 11.9. The Hall–Kier alpha value is -2.55. The number of aromatic nitrogens is 2. The van der Waals surface area contributed by atoms with Gasteiger partial charge in [0.15, 0.2) is 0 Å². The number of anilines is 1. The fourth-order valence-corrected chi connectivity index (χ4v) is 3.83. The van der Waals surface area contributed by atoms with Crippen molar-refractivity contribution in [2.45, 2.75) is 31.2 Å². The molecule has 0 spiro atoms. The van der Waals surface area contributed by atoms with Crippen LogP contribution in [0.4, 0.5) is 5.69 Å². The molecule has 1 saturated heterocycles. The summed E-state index contributed by atoms with van der Waals surface area (Å²) in [5.74, 6) is -0.196. The number of amides is 1. The molecule has 9 heteroatoms. The Labute approximate surface area is 145 Å². The number of aromatic amines is 1. The lowest BCUT2D eigenvalue weighted by Crippen LogP contribution is -2.27. The number of pyridine rings is 1. The van der Waals surface area contributed by atoms with E-state index in [0.717, 1.165) is 12.8 Å². The fourth-order valence-electron chi connectivity index (χ4n) is 2.80. The maximum atomic E-state index is 12.5. The molecule has 2 N–H and O–H groups in total. The minimum atomic E-state index is -3.85. The highest BCUT2D eigenvalue weighted by Gasteiger charge is 2.23. The summed E-state index contributed by atoms with van der Waals surface area (Å²) in [4.78, 5) is 28.3. The normalized spacial score (nSPS) is 14.7. The third kappa shape index (κ3) is 3.60. The number of nitrogens with zero attached hydrogens (tertiary/aromatic N) is 2. The summed E-state index contributed by atoms with van der Waals surface area (Å²) in [5, 5.41) is 0. The van der Waals surface area contributed by atoms with Crippen LogP contribution in [0.1, 0.15) is 30.3 Å². The van der Waals surface area contributed by atoms with Crippen LogP contribution in [-0.4, -0.2) is 41.9 Å². The number of hydrogen-bond acceptors (Lipinski definition) is 4. The quantitative estimate of drug-likeness (QED) is 0.833. The van der Waals surface area contributed by atoms with Crippen molar-refractivity contribution in [1.82, 2.24) is 14.5 Å². The average molecular weight is 364 g/mol. The molecule has 0 radical (unpaired) electrons. The van der Waals surface area contributed by atoms with E-state index in [-0.39, 0.29) is 27.7 Å². The molecule has 0 atom stereocenters. The molecule has 8 nitrogen and oxygen atoms in total. The van der Waals surface area contributed by atoms with Gasteiger partial charge in [0.2, 0.25) is 0 Å². The molecule has 0 saturated carbocycles. The van der Waals surface area contributed by atoms with Crippen molar-refractivity contribution in [3.05, 3.63) is 46.6 Å². The van der Waals surface area contributed by atoms with Crippen molar-refractivity contribution >= 4 is 21.6 Å². The van der Waals surface area contributed by atoms with Gasteiger partial charge in [-0.1, -0.05) is 0 Å². The molecular weight excluding hydrogens is 344 g/mol. The van der Waals surface area contributed by atoms with E-state index in [4.69, 9.17) is 0 Å². The van der Waals surface area contributed by atoms with Crippen LogP contribution in [0.5, 0.6) is 0 Å². The van der Waals surface area contributed by atoms with E-state index in [1.807, 2.05) is 0 Å². The third-order valence-corrected chi connectivity index (χ3v) is 5.53. The van der Waals surface area contributed by atoms with Crippen LogP contribution < -0.4 is 10.3 Å². The Kier molecular flexibility index (Phi) is 4.67. The van der Waals surface area contributed by atoms with Gasteiger partial charge in [-0.05, 0) is 31.9 Å². The monoisotopic (exact) mass is 364 g/mol. The Morgan fingerprint density at radius 2 is 2.00 bits per heavy atom. The largest absolute Gasteiger partial charge is 0.356 e. The second-order valence-corrected chi connectivity index (χ2v) is 7.58. The summed E-state index contributed by atoms with van der Waals surface area (Å²) >= 11 is 0. The number of nitrogens with one attached hydrogen (secondary N) is 2. The van der Waals surface area contributed by atoms with Crippen molar-refractivity contribution in [1.29, 1.82) is 0 Å². The molecule has 2 aromatic heterocycles. The van der Waals surface area contributed by atoms with Crippen molar-refractivity contribution in [3.8, 4) is 0 Å². The molecule has 2 aromatic rings. The molecule has 1 aliphatic rings. The Morgan fingerprint density at radius 3 is 2.68 bits per heavy atom. The molecule has 25 heavy (non-hydrogen) atoms. The van der Waals surface area contributed by atoms with E-state index in [9.17, 15) is 18.0 Å². The van der Waals surface area contributed by atoms with Crippen LogP contribution in [0.3, 0.4) is 0 Å². The summed E-state index contributed by atoms with van der Waals surface area (Å²) in [6.07, 6.45) is 4.67. The number of likely N-dealkylation sites (tertiary alicyclic amines) is 1. The second-order valence-electron chi connectivity index (χ2n) is 5.90. The first-order valence-electron chi connectivity index (χ1n) is 8.12. The minimum Gasteiger partial charge on any atom is -0.356 e. The highest BCUT2D eigenvalue weighted by atomic mass is 32.2. The molecule has 0 unspecified atom stereocenters. The molecule has 1 amide bonds. The highest BCUT2D eigenvalue weighted by molar-refractivity contribution is 7.92. The first-order valence-corrected chi connectivity index (χ1v) is 9.60. The predicted molar refractivity (Wildman–Crippen MR) is 93.1 cm³/mol. The van der Waals surface area contributed by atoms with Gasteiger partial charge in [-0.15, -0.1) is 0 Å². The lowest BCUT2D eigenvalue weighted by atomic mass is 10.4. The maximum Gasteiger partial charge on any atom is 0.270 e. The smallest absolute Gasteiger partial charge is 0.270 e. The molecule has 3 rings (SSSR count). The summed E-state index contributed by atoms with van der Waals surface area (Å²) in [6.45, 7) is 3.61. The van der Waals surface area contributed by atoms with Gasteiger partial charge < -0.3 is 14.5 Å². The number of carbonyl (C=O) groups is 1.